The molecule has 2 aliphatic heterocycles. The van der Waals surface area contributed by atoms with Gasteiger partial charge in [-0.05, 0) is 26.3 Å². The summed E-state index contributed by atoms with van der Waals surface area (Å²) < 4.78 is 11.2. The van der Waals surface area contributed by atoms with Crippen LogP contribution < -0.4 is 5.32 Å². The Morgan fingerprint density at radius 1 is 1.56 bits per heavy atom. The first kappa shape index (κ1) is 12.3. The Hall–Kier alpha value is -0.160. The molecule has 0 aromatic heterocycles. The van der Waals surface area contributed by atoms with Crippen molar-refractivity contribution in [3.05, 3.63) is 0 Å². The van der Waals surface area contributed by atoms with Crippen LogP contribution in [0.25, 0.3) is 0 Å². The molecule has 2 rings (SSSR count). The van der Waals surface area contributed by atoms with Gasteiger partial charge in [-0.3, -0.25) is 0 Å². The van der Waals surface area contributed by atoms with Crippen molar-refractivity contribution in [3.8, 4) is 0 Å². The normalized spacial score (nSPS) is 36.0. The van der Waals surface area contributed by atoms with Crippen LogP contribution in [0, 0.1) is 0 Å². The van der Waals surface area contributed by atoms with Crippen molar-refractivity contribution in [1.29, 1.82) is 0 Å². The second-order valence-electron chi connectivity index (χ2n) is 5.04. The molecule has 0 aliphatic carbocycles. The lowest BCUT2D eigenvalue weighted by Crippen LogP contribution is -2.59. The zero-order valence-electron chi connectivity index (χ0n) is 10.5. The summed E-state index contributed by atoms with van der Waals surface area (Å²) in [6, 6.07) is 0.501. The van der Waals surface area contributed by atoms with Crippen LogP contribution in [0.5, 0.6) is 0 Å². The van der Waals surface area contributed by atoms with E-state index >= 15 is 0 Å². The molecule has 2 unspecified atom stereocenters. The number of nitrogens with zero attached hydrogens (tertiary/aromatic N) is 1. The molecule has 4 nitrogen and oxygen atoms in total. The molecule has 16 heavy (non-hydrogen) atoms. The Morgan fingerprint density at radius 2 is 2.44 bits per heavy atom. The molecule has 1 N–H and O–H groups in total. The van der Waals surface area contributed by atoms with Gasteiger partial charge in [0.25, 0.3) is 0 Å². The smallest absolute Gasteiger partial charge is 0.0973 e. The minimum Gasteiger partial charge on any atom is -0.385 e. The van der Waals surface area contributed by atoms with Gasteiger partial charge in [0, 0.05) is 39.4 Å². The lowest BCUT2D eigenvalue weighted by molar-refractivity contribution is -0.0903. The van der Waals surface area contributed by atoms with Gasteiger partial charge in [0.2, 0.25) is 0 Å². The van der Waals surface area contributed by atoms with Crippen LogP contribution in [0.4, 0.5) is 0 Å². The van der Waals surface area contributed by atoms with E-state index in [2.05, 4.69) is 17.3 Å². The Morgan fingerprint density at radius 3 is 3.12 bits per heavy atom. The zero-order valence-corrected chi connectivity index (χ0v) is 10.5. The Labute approximate surface area is 98.3 Å². The third-order valence-electron chi connectivity index (χ3n) is 3.81. The Bertz CT molecular complexity index is 221. The van der Waals surface area contributed by atoms with E-state index in [1.807, 2.05) is 0 Å². The van der Waals surface area contributed by atoms with Gasteiger partial charge in [0.15, 0.2) is 0 Å². The molecule has 0 saturated carbocycles. The van der Waals surface area contributed by atoms with Crippen molar-refractivity contribution >= 4 is 0 Å². The summed E-state index contributed by atoms with van der Waals surface area (Å²) >= 11 is 0. The molecule has 0 radical (unpaired) electrons. The third kappa shape index (κ3) is 2.56. The minimum absolute atomic E-state index is 0.0702. The number of morpholine rings is 1. The first-order valence-corrected chi connectivity index (χ1v) is 6.32. The predicted octanol–water partition coefficient (Wildman–Crippen LogP) is 0.476. The van der Waals surface area contributed by atoms with Gasteiger partial charge in [-0.15, -0.1) is 0 Å². The van der Waals surface area contributed by atoms with Crippen molar-refractivity contribution in [2.24, 2.45) is 0 Å². The highest BCUT2D eigenvalue weighted by molar-refractivity contribution is 5.01. The van der Waals surface area contributed by atoms with Crippen LogP contribution in [0.15, 0.2) is 0 Å². The van der Waals surface area contributed by atoms with Crippen molar-refractivity contribution in [2.75, 3.05) is 47.0 Å². The standard InChI is InChI=1S/C12H24N2O2/c1-14-7-5-12(10-14)11(4-3-8-15-2)13-6-9-16-12/h11,13H,3-10H2,1-2H3. The summed E-state index contributed by atoms with van der Waals surface area (Å²) in [7, 11) is 3.95. The summed E-state index contributed by atoms with van der Waals surface area (Å²) in [5, 5.41) is 3.62. The van der Waals surface area contributed by atoms with Gasteiger partial charge in [0.1, 0.15) is 0 Å². The van der Waals surface area contributed by atoms with Gasteiger partial charge in [-0.1, -0.05) is 0 Å². The number of nitrogens with one attached hydrogen (secondary N) is 1. The van der Waals surface area contributed by atoms with E-state index in [0.717, 1.165) is 52.1 Å². The number of methoxy groups -OCH3 is 1. The molecule has 0 bridgehead atoms. The van der Waals surface area contributed by atoms with Crippen LogP contribution in [-0.2, 0) is 9.47 Å². The highest BCUT2D eigenvalue weighted by atomic mass is 16.5. The van der Waals surface area contributed by atoms with Crippen molar-refractivity contribution < 1.29 is 9.47 Å². The Kier molecular flexibility index (Phi) is 4.19. The maximum Gasteiger partial charge on any atom is 0.0973 e. The maximum atomic E-state index is 6.10. The molecule has 2 heterocycles. The fourth-order valence-corrected chi connectivity index (χ4v) is 2.97. The predicted molar refractivity (Wildman–Crippen MR) is 63.7 cm³/mol. The van der Waals surface area contributed by atoms with Crippen LogP contribution in [0.2, 0.25) is 0 Å². The second kappa shape index (κ2) is 5.45. The molecular weight excluding hydrogens is 204 g/mol. The quantitative estimate of drug-likeness (QED) is 0.710. The first-order chi connectivity index (χ1) is 7.77. The summed E-state index contributed by atoms with van der Waals surface area (Å²) in [6.07, 6.45) is 3.43. The fraction of sp³-hybridized carbons (Fsp3) is 1.00. The van der Waals surface area contributed by atoms with Crippen LogP contribution >= 0.6 is 0 Å². The molecule has 2 atom stereocenters. The SMILES string of the molecule is COCCCC1NCCOC12CCN(C)C2. The van der Waals surface area contributed by atoms with Crippen molar-refractivity contribution in [2.45, 2.75) is 30.9 Å². The van der Waals surface area contributed by atoms with Crippen LogP contribution in [0.1, 0.15) is 19.3 Å². The number of likely N-dealkylation sites (tertiary alicyclic amines) is 1. The molecule has 0 aromatic rings. The van der Waals surface area contributed by atoms with E-state index in [-0.39, 0.29) is 5.60 Å². The van der Waals surface area contributed by atoms with E-state index in [4.69, 9.17) is 9.47 Å². The molecule has 2 aliphatic rings. The zero-order chi connectivity index (χ0) is 11.4. The number of hydrogen-bond donors (Lipinski definition) is 1. The van der Waals surface area contributed by atoms with E-state index in [1.54, 1.807) is 7.11 Å². The summed E-state index contributed by atoms with van der Waals surface area (Å²) in [5.41, 5.74) is 0.0702. The fourth-order valence-electron chi connectivity index (χ4n) is 2.97. The first-order valence-electron chi connectivity index (χ1n) is 6.32. The average Bonchev–Trinajstić information content (AvgIpc) is 2.64. The van der Waals surface area contributed by atoms with Gasteiger partial charge >= 0.3 is 0 Å². The summed E-state index contributed by atoms with van der Waals surface area (Å²) in [6.45, 7) is 4.92. The average molecular weight is 228 g/mol. The van der Waals surface area contributed by atoms with E-state index in [1.165, 1.54) is 0 Å². The summed E-state index contributed by atoms with van der Waals surface area (Å²) in [4.78, 5) is 2.37. The molecule has 0 aromatic carbocycles. The molecule has 94 valence electrons. The summed E-state index contributed by atoms with van der Waals surface area (Å²) in [5.74, 6) is 0. The highest BCUT2D eigenvalue weighted by Crippen LogP contribution is 2.32. The van der Waals surface area contributed by atoms with Gasteiger partial charge in [-0.25, -0.2) is 0 Å². The molecule has 2 fully saturated rings. The van der Waals surface area contributed by atoms with E-state index in [0.29, 0.717) is 6.04 Å². The topological polar surface area (TPSA) is 33.7 Å². The van der Waals surface area contributed by atoms with Crippen molar-refractivity contribution in [1.82, 2.24) is 10.2 Å². The maximum absolute atomic E-state index is 6.10. The minimum atomic E-state index is 0.0702. The van der Waals surface area contributed by atoms with Crippen LogP contribution in [-0.4, -0.2) is 63.5 Å². The number of hydrogen-bond acceptors (Lipinski definition) is 4. The van der Waals surface area contributed by atoms with Crippen LogP contribution in [0.3, 0.4) is 0 Å². The molecule has 1 spiro atoms. The number of rotatable bonds is 4. The van der Waals surface area contributed by atoms with E-state index < -0.39 is 0 Å². The number of ether oxygens (including phenoxy) is 2. The molecule has 4 heteroatoms. The highest BCUT2D eigenvalue weighted by Gasteiger charge is 2.45. The van der Waals surface area contributed by atoms with Crippen molar-refractivity contribution in [3.63, 3.8) is 0 Å². The largest absolute Gasteiger partial charge is 0.385 e. The number of likely N-dealkylation sites (N-methyl/N-ethyl adjacent to an activating group) is 1. The second-order valence-corrected chi connectivity index (χ2v) is 5.04. The van der Waals surface area contributed by atoms with Gasteiger partial charge < -0.3 is 19.7 Å². The van der Waals surface area contributed by atoms with E-state index in [9.17, 15) is 0 Å². The van der Waals surface area contributed by atoms with Gasteiger partial charge in [0.05, 0.1) is 12.2 Å². The lowest BCUT2D eigenvalue weighted by Gasteiger charge is -2.42. The molecule has 0 amide bonds. The lowest BCUT2D eigenvalue weighted by atomic mass is 9.88. The molecule has 2 saturated heterocycles. The van der Waals surface area contributed by atoms with Gasteiger partial charge in [-0.2, -0.15) is 0 Å². The molecular formula is C12H24N2O2. The third-order valence-corrected chi connectivity index (χ3v) is 3.81. The Balaban J connectivity index is 1.91. The monoisotopic (exact) mass is 228 g/mol.